The highest BCUT2D eigenvalue weighted by molar-refractivity contribution is 7.99. The Kier molecular flexibility index (Phi) is 11.7. The van der Waals surface area contributed by atoms with Crippen molar-refractivity contribution in [1.82, 2.24) is 15.5 Å². The van der Waals surface area contributed by atoms with Gasteiger partial charge in [-0.25, -0.2) is 0 Å². The Bertz CT molecular complexity index is 570. The number of benzene rings is 1. The standard InChI is InChI=1S/C20H31N3OS.2ClH/c1-16-6-4-5-10-23(16)14-18-8-3-2-7-17(18)13-22-20(24)12-19-15-25-11-9-21-19;;/h2-3,7-8,16,19,21H,4-6,9-15H2,1H3,(H,22,24);2*1H. The largest absolute Gasteiger partial charge is 0.352 e. The molecule has 2 aliphatic rings. The number of nitrogens with one attached hydrogen (secondary N) is 2. The number of amides is 1. The predicted octanol–water partition coefficient (Wildman–Crippen LogP) is 3.62. The van der Waals surface area contributed by atoms with Crippen LogP contribution in [0.5, 0.6) is 0 Å². The van der Waals surface area contributed by atoms with Gasteiger partial charge >= 0.3 is 0 Å². The summed E-state index contributed by atoms with van der Waals surface area (Å²) in [4.78, 5) is 14.8. The molecule has 2 heterocycles. The van der Waals surface area contributed by atoms with Gasteiger partial charge in [0.2, 0.25) is 5.91 Å². The Hall–Kier alpha value is -0.460. The van der Waals surface area contributed by atoms with Crippen LogP contribution in [0.3, 0.4) is 0 Å². The summed E-state index contributed by atoms with van der Waals surface area (Å²) in [6, 6.07) is 9.53. The molecule has 7 heteroatoms. The lowest BCUT2D eigenvalue weighted by Crippen LogP contribution is -2.41. The number of rotatable bonds is 6. The average Bonchev–Trinajstić information content (AvgIpc) is 2.64. The van der Waals surface area contributed by atoms with E-state index in [1.807, 2.05) is 11.8 Å². The zero-order valence-corrected chi connectivity index (χ0v) is 18.6. The lowest BCUT2D eigenvalue weighted by atomic mass is 10.0. The fourth-order valence-electron chi connectivity index (χ4n) is 3.74. The molecule has 4 nitrogen and oxygen atoms in total. The summed E-state index contributed by atoms with van der Waals surface area (Å²) in [5, 5.41) is 6.56. The first kappa shape index (κ1) is 24.6. The molecule has 2 N–H and O–H groups in total. The van der Waals surface area contributed by atoms with Crippen LogP contribution in [0.15, 0.2) is 24.3 Å². The lowest BCUT2D eigenvalue weighted by molar-refractivity contribution is -0.121. The van der Waals surface area contributed by atoms with Gasteiger partial charge in [0.1, 0.15) is 0 Å². The molecular weight excluding hydrogens is 401 g/mol. The number of carbonyl (C=O) groups excluding carboxylic acids is 1. The first-order chi connectivity index (χ1) is 12.2. The van der Waals surface area contributed by atoms with Crippen molar-refractivity contribution in [3.8, 4) is 0 Å². The molecular formula is C20H33Cl2N3OS. The SMILES string of the molecule is CC1CCCCN1Cc1ccccc1CNC(=O)CC1CSCCN1.Cl.Cl. The summed E-state index contributed by atoms with van der Waals surface area (Å²) in [6.45, 7) is 6.16. The highest BCUT2D eigenvalue weighted by atomic mass is 35.5. The van der Waals surface area contributed by atoms with Crippen LogP contribution < -0.4 is 10.6 Å². The molecule has 0 aliphatic carbocycles. The van der Waals surface area contributed by atoms with Gasteiger partial charge in [-0.1, -0.05) is 30.7 Å². The molecule has 0 spiro atoms. The fourth-order valence-corrected chi connectivity index (χ4v) is 4.69. The molecule has 2 fully saturated rings. The summed E-state index contributed by atoms with van der Waals surface area (Å²) < 4.78 is 0. The van der Waals surface area contributed by atoms with E-state index in [1.165, 1.54) is 36.9 Å². The second-order valence-electron chi connectivity index (χ2n) is 7.29. The van der Waals surface area contributed by atoms with E-state index in [2.05, 4.69) is 46.7 Å². The van der Waals surface area contributed by atoms with Gasteiger partial charge in [-0.3, -0.25) is 9.69 Å². The quantitative estimate of drug-likeness (QED) is 0.718. The van der Waals surface area contributed by atoms with Crippen molar-refractivity contribution in [2.75, 3.05) is 24.6 Å². The zero-order valence-electron chi connectivity index (χ0n) is 16.1. The Morgan fingerprint density at radius 1 is 1.26 bits per heavy atom. The number of hydrogen-bond donors (Lipinski definition) is 2. The second kappa shape index (κ2) is 12.9. The number of halogens is 2. The molecule has 0 saturated carbocycles. The third kappa shape index (κ3) is 7.82. The van der Waals surface area contributed by atoms with Gasteiger partial charge in [-0.05, 0) is 37.4 Å². The Morgan fingerprint density at radius 3 is 2.74 bits per heavy atom. The molecule has 0 radical (unpaired) electrons. The van der Waals surface area contributed by atoms with E-state index >= 15 is 0 Å². The van der Waals surface area contributed by atoms with E-state index in [0.717, 1.165) is 24.6 Å². The molecule has 2 unspecified atom stereocenters. The minimum atomic E-state index is 0. The van der Waals surface area contributed by atoms with Crippen molar-refractivity contribution >= 4 is 42.5 Å². The van der Waals surface area contributed by atoms with Crippen molar-refractivity contribution in [3.05, 3.63) is 35.4 Å². The maximum atomic E-state index is 12.3. The number of nitrogens with zero attached hydrogens (tertiary/aromatic N) is 1. The van der Waals surface area contributed by atoms with Crippen LogP contribution in [0.2, 0.25) is 0 Å². The molecule has 154 valence electrons. The van der Waals surface area contributed by atoms with Gasteiger partial charge in [0.25, 0.3) is 0 Å². The minimum Gasteiger partial charge on any atom is -0.352 e. The molecule has 1 aromatic rings. The van der Waals surface area contributed by atoms with Crippen molar-refractivity contribution in [3.63, 3.8) is 0 Å². The van der Waals surface area contributed by atoms with Crippen molar-refractivity contribution in [2.45, 2.75) is 57.8 Å². The topological polar surface area (TPSA) is 44.4 Å². The van der Waals surface area contributed by atoms with Crippen molar-refractivity contribution < 1.29 is 4.79 Å². The monoisotopic (exact) mass is 433 g/mol. The van der Waals surface area contributed by atoms with Gasteiger partial charge < -0.3 is 10.6 Å². The van der Waals surface area contributed by atoms with E-state index in [4.69, 9.17) is 0 Å². The van der Waals surface area contributed by atoms with Gasteiger partial charge in [-0.15, -0.1) is 24.8 Å². The predicted molar refractivity (Wildman–Crippen MR) is 120 cm³/mol. The smallest absolute Gasteiger partial charge is 0.221 e. The third-order valence-corrected chi connectivity index (χ3v) is 6.47. The van der Waals surface area contributed by atoms with Crippen LogP contribution in [-0.2, 0) is 17.9 Å². The van der Waals surface area contributed by atoms with Gasteiger partial charge in [-0.2, -0.15) is 11.8 Å². The van der Waals surface area contributed by atoms with Crippen molar-refractivity contribution in [1.29, 1.82) is 0 Å². The number of carbonyl (C=O) groups is 1. The first-order valence-corrected chi connectivity index (χ1v) is 10.8. The molecule has 0 aromatic heterocycles. The van der Waals surface area contributed by atoms with Crippen LogP contribution in [-0.4, -0.2) is 47.5 Å². The van der Waals surface area contributed by atoms with Crippen LogP contribution in [0.4, 0.5) is 0 Å². The third-order valence-electron chi connectivity index (χ3n) is 5.34. The van der Waals surface area contributed by atoms with E-state index in [1.54, 1.807) is 0 Å². The van der Waals surface area contributed by atoms with Gasteiger partial charge in [0.15, 0.2) is 0 Å². The summed E-state index contributed by atoms with van der Waals surface area (Å²) >= 11 is 1.93. The first-order valence-electron chi connectivity index (χ1n) is 9.61. The number of thioether (sulfide) groups is 1. The highest BCUT2D eigenvalue weighted by Crippen LogP contribution is 2.21. The number of likely N-dealkylation sites (tertiary alicyclic amines) is 1. The zero-order chi connectivity index (χ0) is 17.5. The maximum absolute atomic E-state index is 12.3. The summed E-state index contributed by atoms with van der Waals surface area (Å²) in [5.41, 5.74) is 2.60. The van der Waals surface area contributed by atoms with E-state index < -0.39 is 0 Å². The average molecular weight is 434 g/mol. The van der Waals surface area contributed by atoms with Crippen LogP contribution >= 0.6 is 36.6 Å². The number of piperidine rings is 1. The molecule has 2 aliphatic heterocycles. The van der Waals surface area contributed by atoms with E-state index in [9.17, 15) is 4.79 Å². The normalized spacial score (nSPS) is 23.0. The Balaban J connectivity index is 0.00000182. The summed E-state index contributed by atoms with van der Waals surface area (Å²) in [5.74, 6) is 2.35. The fraction of sp³-hybridized carbons (Fsp3) is 0.650. The Morgan fingerprint density at radius 2 is 2.04 bits per heavy atom. The molecule has 0 bridgehead atoms. The summed E-state index contributed by atoms with van der Waals surface area (Å²) in [7, 11) is 0. The molecule has 3 rings (SSSR count). The van der Waals surface area contributed by atoms with Gasteiger partial charge in [0, 0.05) is 49.6 Å². The highest BCUT2D eigenvalue weighted by Gasteiger charge is 2.20. The second-order valence-corrected chi connectivity index (χ2v) is 8.44. The summed E-state index contributed by atoms with van der Waals surface area (Å²) in [6.07, 6.45) is 4.53. The molecule has 1 amide bonds. The molecule has 2 atom stereocenters. The van der Waals surface area contributed by atoms with Crippen LogP contribution in [0.1, 0.15) is 43.7 Å². The maximum Gasteiger partial charge on any atom is 0.221 e. The van der Waals surface area contributed by atoms with E-state index in [-0.39, 0.29) is 30.7 Å². The van der Waals surface area contributed by atoms with Gasteiger partial charge in [0.05, 0.1) is 0 Å². The lowest BCUT2D eigenvalue weighted by Gasteiger charge is -2.33. The minimum absolute atomic E-state index is 0. The van der Waals surface area contributed by atoms with Crippen LogP contribution in [0.25, 0.3) is 0 Å². The van der Waals surface area contributed by atoms with Crippen LogP contribution in [0, 0.1) is 0 Å². The number of hydrogen-bond acceptors (Lipinski definition) is 4. The Labute approximate surface area is 180 Å². The molecule has 1 aromatic carbocycles. The van der Waals surface area contributed by atoms with E-state index in [0.29, 0.717) is 25.0 Å². The molecule has 27 heavy (non-hydrogen) atoms. The van der Waals surface area contributed by atoms with Crippen molar-refractivity contribution in [2.24, 2.45) is 0 Å². The molecule has 2 saturated heterocycles.